The van der Waals surface area contributed by atoms with Gasteiger partial charge in [0.15, 0.2) is 0 Å². The van der Waals surface area contributed by atoms with Crippen LogP contribution >= 0.6 is 0 Å². The Hall–Kier alpha value is -2.43. The van der Waals surface area contributed by atoms with Crippen molar-refractivity contribution < 1.29 is 4.79 Å². The number of hydrogen-bond acceptors (Lipinski definition) is 4. The first-order chi connectivity index (χ1) is 12.4. The summed E-state index contributed by atoms with van der Waals surface area (Å²) in [5, 5.41) is 3.04. The number of hydrogen-bond donors (Lipinski definition) is 1. The highest BCUT2D eigenvalue weighted by Gasteiger charge is 2.17. The van der Waals surface area contributed by atoms with Crippen molar-refractivity contribution in [3.05, 3.63) is 46.4 Å². The van der Waals surface area contributed by atoms with Crippen molar-refractivity contribution in [3.8, 4) is 0 Å². The van der Waals surface area contributed by atoms with Crippen LogP contribution in [0.4, 0.5) is 11.5 Å². The molecule has 0 radical (unpaired) electrons. The first-order valence-electron chi connectivity index (χ1n) is 9.44. The monoisotopic (exact) mass is 352 g/mol. The van der Waals surface area contributed by atoms with Crippen LogP contribution in [-0.2, 0) is 0 Å². The number of carbonyl (C=O) groups excluding carboxylic acids is 1. The second-order valence-corrected chi connectivity index (χ2v) is 7.29. The summed E-state index contributed by atoms with van der Waals surface area (Å²) < 4.78 is 0. The Balaban J connectivity index is 1.85. The summed E-state index contributed by atoms with van der Waals surface area (Å²) in [4.78, 5) is 24.1. The van der Waals surface area contributed by atoms with Gasteiger partial charge >= 0.3 is 0 Å². The zero-order chi connectivity index (χ0) is 18.7. The van der Waals surface area contributed by atoms with Crippen LogP contribution in [0.2, 0.25) is 0 Å². The van der Waals surface area contributed by atoms with Gasteiger partial charge in [0.25, 0.3) is 5.91 Å². The second-order valence-electron chi connectivity index (χ2n) is 7.29. The predicted molar refractivity (Wildman–Crippen MR) is 106 cm³/mol. The number of aromatic nitrogens is 2. The van der Waals surface area contributed by atoms with Gasteiger partial charge in [-0.1, -0.05) is 30.5 Å². The van der Waals surface area contributed by atoms with E-state index in [9.17, 15) is 4.79 Å². The molecular weight excluding hydrogens is 324 g/mol. The van der Waals surface area contributed by atoms with E-state index in [4.69, 9.17) is 0 Å². The maximum Gasteiger partial charge on any atom is 0.274 e. The maximum atomic E-state index is 12.8. The summed E-state index contributed by atoms with van der Waals surface area (Å²) in [6.45, 7) is 9.93. The standard InChI is InChI=1S/C21H28N4O/c1-14-11-15(2)20(16(3)12-14)24-21(26)18-13-19(23-17(4)22-18)25-9-7-5-6-8-10-25/h11-13H,5-10H2,1-4H3,(H,24,26). The Kier molecular flexibility index (Phi) is 5.55. The van der Waals surface area contributed by atoms with Crippen LogP contribution in [-0.4, -0.2) is 29.0 Å². The Labute approximate surface area is 155 Å². The molecule has 1 N–H and O–H groups in total. The molecule has 0 spiro atoms. The normalized spacial score (nSPS) is 14.8. The lowest BCUT2D eigenvalue weighted by atomic mass is 10.0. The van der Waals surface area contributed by atoms with Crippen molar-refractivity contribution in [1.82, 2.24) is 9.97 Å². The predicted octanol–water partition coefficient (Wildman–Crippen LogP) is 4.34. The molecule has 1 aromatic carbocycles. The van der Waals surface area contributed by atoms with Gasteiger partial charge in [0.05, 0.1) is 0 Å². The molecule has 2 heterocycles. The van der Waals surface area contributed by atoms with Crippen LogP contribution in [0.5, 0.6) is 0 Å². The summed E-state index contributed by atoms with van der Waals surface area (Å²) in [5.41, 5.74) is 4.62. The van der Waals surface area contributed by atoms with Crippen LogP contribution in [0.3, 0.4) is 0 Å². The van der Waals surface area contributed by atoms with E-state index in [1.54, 1.807) is 0 Å². The Morgan fingerprint density at radius 2 is 1.54 bits per heavy atom. The molecule has 138 valence electrons. The molecule has 1 aromatic heterocycles. The molecule has 1 amide bonds. The van der Waals surface area contributed by atoms with Crippen molar-refractivity contribution in [3.63, 3.8) is 0 Å². The number of benzene rings is 1. The highest BCUT2D eigenvalue weighted by molar-refractivity contribution is 6.04. The van der Waals surface area contributed by atoms with Gasteiger partial charge in [-0.3, -0.25) is 4.79 Å². The van der Waals surface area contributed by atoms with E-state index >= 15 is 0 Å². The lowest BCUT2D eigenvalue weighted by Gasteiger charge is -2.22. The van der Waals surface area contributed by atoms with Crippen LogP contribution < -0.4 is 10.2 Å². The number of nitrogens with one attached hydrogen (secondary N) is 1. The van der Waals surface area contributed by atoms with E-state index in [1.165, 1.54) is 31.2 Å². The summed E-state index contributed by atoms with van der Waals surface area (Å²) in [6.07, 6.45) is 4.87. The number of amides is 1. The number of aryl methyl sites for hydroxylation is 4. The van der Waals surface area contributed by atoms with Gasteiger partial charge < -0.3 is 10.2 Å². The molecule has 0 aliphatic carbocycles. The lowest BCUT2D eigenvalue weighted by Crippen LogP contribution is -2.26. The van der Waals surface area contributed by atoms with Crippen molar-refractivity contribution in [2.75, 3.05) is 23.3 Å². The third-order valence-electron chi connectivity index (χ3n) is 4.90. The minimum absolute atomic E-state index is 0.179. The molecule has 0 bridgehead atoms. The van der Waals surface area contributed by atoms with Crippen molar-refractivity contribution in [2.45, 2.75) is 53.4 Å². The number of rotatable bonds is 3. The van der Waals surface area contributed by atoms with E-state index < -0.39 is 0 Å². The first kappa shape index (κ1) is 18.4. The fourth-order valence-corrected chi connectivity index (χ4v) is 3.68. The molecule has 1 fully saturated rings. The average molecular weight is 352 g/mol. The highest BCUT2D eigenvalue weighted by atomic mass is 16.1. The first-order valence-corrected chi connectivity index (χ1v) is 9.44. The Bertz CT molecular complexity index is 785. The van der Waals surface area contributed by atoms with Gasteiger partial charge in [0.1, 0.15) is 17.3 Å². The number of carbonyl (C=O) groups is 1. The zero-order valence-corrected chi connectivity index (χ0v) is 16.2. The van der Waals surface area contributed by atoms with Crippen molar-refractivity contribution in [1.29, 1.82) is 0 Å². The molecule has 5 heteroatoms. The molecule has 1 aliphatic rings. The van der Waals surface area contributed by atoms with Crippen LogP contribution in [0.25, 0.3) is 0 Å². The highest BCUT2D eigenvalue weighted by Crippen LogP contribution is 2.23. The van der Waals surface area contributed by atoms with E-state index in [0.29, 0.717) is 11.5 Å². The minimum Gasteiger partial charge on any atom is -0.356 e. The average Bonchev–Trinajstić information content (AvgIpc) is 2.86. The molecule has 0 unspecified atom stereocenters. The fourth-order valence-electron chi connectivity index (χ4n) is 3.68. The molecule has 0 saturated carbocycles. The minimum atomic E-state index is -0.179. The number of nitrogens with zero attached hydrogens (tertiary/aromatic N) is 3. The van der Waals surface area contributed by atoms with Crippen LogP contribution in [0.15, 0.2) is 18.2 Å². The molecule has 26 heavy (non-hydrogen) atoms. The summed E-state index contributed by atoms with van der Waals surface area (Å²) in [7, 11) is 0. The van der Waals surface area contributed by atoms with Crippen LogP contribution in [0, 0.1) is 27.7 Å². The van der Waals surface area contributed by atoms with E-state index in [0.717, 1.165) is 35.7 Å². The Morgan fingerprint density at radius 3 is 2.15 bits per heavy atom. The maximum absolute atomic E-state index is 12.8. The number of anilines is 2. The molecule has 5 nitrogen and oxygen atoms in total. The fraction of sp³-hybridized carbons (Fsp3) is 0.476. The van der Waals surface area contributed by atoms with Gasteiger partial charge in [0.2, 0.25) is 0 Å². The van der Waals surface area contributed by atoms with E-state index in [2.05, 4.69) is 39.2 Å². The van der Waals surface area contributed by atoms with Crippen molar-refractivity contribution in [2.24, 2.45) is 0 Å². The summed E-state index contributed by atoms with van der Waals surface area (Å²) in [6, 6.07) is 5.99. The SMILES string of the molecule is Cc1cc(C)c(NC(=O)c2cc(N3CCCCCC3)nc(C)n2)c(C)c1. The quantitative estimate of drug-likeness (QED) is 0.892. The molecule has 1 aliphatic heterocycles. The third-order valence-corrected chi connectivity index (χ3v) is 4.90. The molecular formula is C21H28N4O. The van der Waals surface area contributed by atoms with Gasteiger partial charge in [-0.05, 0) is 51.7 Å². The molecule has 1 saturated heterocycles. The Morgan fingerprint density at radius 1 is 0.923 bits per heavy atom. The second kappa shape index (κ2) is 7.85. The molecule has 2 aromatic rings. The van der Waals surface area contributed by atoms with Crippen molar-refractivity contribution >= 4 is 17.4 Å². The molecule has 0 atom stereocenters. The van der Waals surface area contributed by atoms with Crippen LogP contribution in [0.1, 0.15) is 58.7 Å². The van der Waals surface area contributed by atoms with Gasteiger partial charge in [-0.15, -0.1) is 0 Å². The van der Waals surface area contributed by atoms with Gasteiger partial charge in [-0.25, -0.2) is 9.97 Å². The van der Waals surface area contributed by atoms with Gasteiger partial charge in [-0.2, -0.15) is 0 Å². The molecule has 3 rings (SSSR count). The summed E-state index contributed by atoms with van der Waals surface area (Å²) in [5.74, 6) is 1.32. The zero-order valence-electron chi connectivity index (χ0n) is 16.2. The largest absolute Gasteiger partial charge is 0.356 e. The van der Waals surface area contributed by atoms with Gasteiger partial charge in [0, 0.05) is 24.8 Å². The lowest BCUT2D eigenvalue weighted by molar-refractivity contribution is 0.102. The summed E-state index contributed by atoms with van der Waals surface area (Å²) >= 11 is 0. The topological polar surface area (TPSA) is 58.1 Å². The smallest absolute Gasteiger partial charge is 0.274 e. The van der Waals surface area contributed by atoms with E-state index in [1.807, 2.05) is 26.8 Å². The van der Waals surface area contributed by atoms with E-state index in [-0.39, 0.29) is 5.91 Å². The third kappa shape index (κ3) is 4.21.